The highest BCUT2D eigenvalue weighted by Crippen LogP contribution is 2.49. The van der Waals surface area contributed by atoms with Crippen LogP contribution in [0.15, 0.2) is 48.5 Å². The van der Waals surface area contributed by atoms with Crippen molar-refractivity contribution in [3.8, 4) is 0 Å². The van der Waals surface area contributed by atoms with E-state index in [1.165, 1.54) is 48.5 Å². The Morgan fingerprint density at radius 1 is 1.03 bits per heavy atom. The second-order valence-corrected chi connectivity index (χ2v) is 10.4. The number of nitrogens with zero attached hydrogens (tertiary/aromatic N) is 1. The van der Waals surface area contributed by atoms with Crippen LogP contribution in [0.3, 0.4) is 0 Å². The summed E-state index contributed by atoms with van der Waals surface area (Å²) in [6.07, 6.45) is -6.17. The fourth-order valence-corrected chi connectivity index (χ4v) is 5.14. The van der Waals surface area contributed by atoms with Gasteiger partial charge in [0.2, 0.25) is 16.2 Å². The average Bonchev–Trinajstić information content (AvgIpc) is 3.05. The van der Waals surface area contributed by atoms with E-state index < -0.39 is 52.1 Å². The topological polar surface area (TPSA) is 153 Å². The minimum absolute atomic E-state index is 0.0142. The molecule has 2 aliphatic heterocycles. The largest absolute Gasteiger partial charge is 0.382 e. The van der Waals surface area contributed by atoms with Crippen LogP contribution >= 0.6 is 39.1 Å². The highest BCUT2D eigenvalue weighted by atomic mass is 79.9. The zero-order valence-corrected chi connectivity index (χ0v) is 21.3. The number of aliphatic hydroxyl groups excluding tert-OH is 1. The van der Waals surface area contributed by atoms with Gasteiger partial charge in [0.05, 0.1) is 0 Å². The summed E-state index contributed by atoms with van der Waals surface area (Å²) in [5.74, 6) is -2.64. The van der Waals surface area contributed by atoms with E-state index in [2.05, 4.69) is 15.9 Å². The number of benzene rings is 2. The molecular formula is C23H19BrCl2N2O8. The van der Waals surface area contributed by atoms with Crippen LogP contribution in [0.5, 0.6) is 0 Å². The van der Waals surface area contributed by atoms with Gasteiger partial charge < -0.3 is 20.1 Å². The van der Waals surface area contributed by atoms with Gasteiger partial charge in [-0.05, 0) is 64.5 Å². The molecule has 2 aromatic rings. The summed E-state index contributed by atoms with van der Waals surface area (Å²) < 4.78 is 2.97. The number of ketones is 2. The SMILES string of the molecule is O=C1CCN([C@@H]2O[C@H](C(O)C(=O)c3ccc(Cl)cc3)[C@](O)(C(=O)c3ccc(Cl)cc3)[C@]2(O)Br)C(=O)N1. The van der Waals surface area contributed by atoms with Gasteiger partial charge in [0.15, 0.2) is 17.6 Å². The van der Waals surface area contributed by atoms with Crippen molar-refractivity contribution >= 4 is 62.6 Å². The first-order valence-corrected chi connectivity index (χ1v) is 12.1. The summed E-state index contributed by atoms with van der Waals surface area (Å²) in [6.45, 7) is -0.234. The predicted molar refractivity (Wildman–Crippen MR) is 130 cm³/mol. The molecule has 0 spiro atoms. The van der Waals surface area contributed by atoms with Gasteiger partial charge in [0, 0.05) is 34.1 Å². The second kappa shape index (κ2) is 9.82. The fourth-order valence-electron chi connectivity index (χ4n) is 4.13. The molecule has 3 amide bonds. The van der Waals surface area contributed by atoms with Crippen molar-refractivity contribution in [2.75, 3.05) is 6.54 Å². The Morgan fingerprint density at radius 2 is 1.56 bits per heavy atom. The number of rotatable bonds is 6. The van der Waals surface area contributed by atoms with E-state index in [-0.39, 0.29) is 29.1 Å². The molecule has 2 fully saturated rings. The van der Waals surface area contributed by atoms with Crippen LogP contribution < -0.4 is 5.32 Å². The fraction of sp³-hybridized carbons (Fsp3) is 0.304. The third kappa shape index (κ3) is 4.45. The lowest BCUT2D eigenvalue weighted by atomic mass is 9.80. The van der Waals surface area contributed by atoms with Gasteiger partial charge in [0.25, 0.3) is 0 Å². The molecule has 0 aromatic heterocycles. The molecule has 4 N–H and O–H groups in total. The predicted octanol–water partition coefficient (Wildman–Crippen LogP) is 1.90. The lowest BCUT2D eigenvalue weighted by Gasteiger charge is -2.39. The Bertz CT molecular complexity index is 1220. The maximum atomic E-state index is 13.6. The van der Waals surface area contributed by atoms with Gasteiger partial charge in [-0.2, -0.15) is 0 Å². The second-order valence-electron chi connectivity index (χ2n) is 8.30. The Hall–Kier alpha value is -2.38. The highest BCUT2D eigenvalue weighted by Gasteiger charge is 2.72. The number of halogens is 3. The van der Waals surface area contributed by atoms with E-state index in [1.807, 2.05) is 5.32 Å². The summed E-state index contributed by atoms with van der Waals surface area (Å²) in [5.41, 5.74) is -3.13. The summed E-state index contributed by atoms with van der Waals surface area (Å²) in [4.78, 5) is 51.7. The maximum absolute atomic E-state index is 13.6. The molecule has 0 bridgehead atoms. The van der Waals surface area contributed by atoms with Crippen LogP contribution in [-0.2, 0) is 9.53 Å². The normalized spacial score (nSPS) is 29.1. The Balaban J connectivity index is 1.78. The molecule has 4 rings (SSSR count). The van der Waals surface area contributed by atoms with E-state index in [0.29, 0.717) is 5.02 Å². The van der Waals surface area contributed by atoms with Gasteiger partial charge in [0.1, 0.15) is 12.2 Å². The monoisotopic (exact) mass is 600 g/mol. The number of carbonyl (C=O) groups is 4. The highest BCUT2D eigenvalue weighted by molar-refractivity contribution is 9.10. The van der Waals surface area contributed by atoms with Crippen LogP contribution in [0.1, 0.15) is 27.1 Å². The van der Waals surface area contributed by atoms with Gasteiger partial charge >= 0.3 is 6.03 Å². The van der Waals surface area contributed by atoms with Crippen LogP contribution in [0.25, 0.3) is 0 Å². The minimum atomic E-state index is -2.99. The first-order valence-electron chi connectivity index (χ1n) is 10.6. The number of hydrogen-bond acceptors (Lipinski definition) is 8. The first-order chi connectivity index (χ1) is 16.9. The van der Waals surface area contributed by atoms with Crippen molar-refractivity contribution in [1.82, 2.24) is 10.2 Å². The molecule has 1 unspecified atom stereocenters. The summed E-state index contributed by atoms with van der Waals surface area (Å²) in [6, 6.07) is 9.77. The molecule has 2 heterocycles. The third-order valence-corrected chi connectivity index (χ3v) is 7.56. The smallest absolute Gasteiger partial charge is 0.326 e. The van der Waals surface area contributed by atoms with Crippen molar-refractivity contribution in [2.45, 2.75) is 35.0 Å². The van der Waals surface area contributed by atoms with Gasteiger partial charge in [-0.25, -0.2) is 4.79 Å². The molecule has 36 heavy (non-hydrogen) atoms. The Kier molecular flexibility index (Phi) is 7.28. The molecular weight excluding hydrogens is 583 g/mol. The molecule has 0 aliphatic carbocycles. The molecule has 13 heteroatoms. The number of hydrogen-bond donors (Lipinski definition) is 4. The average molecular weight is 602 g/mol. The molecule has 0 radical (unpaired) electrons. The third-order valence-electron chi connectivity index (χ3n) is 6.06. The Morgan fingerprint density at radius 3 is 2.08 bits per heavy atom. The van der Waals surface area contributed by atoms with Gasteiger partial charge in [-0.15, -0.1) is 0 Å². The standard InChI is InChI=1S/C23H19BrCl2N2O8/c24-23(35)20(28-10-9-15(29)27-21(28)33)36-19(17(31)16(30)11-1-5-13(25)6-2-11)22(23,34)18(32)12-3-7-14(26)8-4-12/h1-8,17,19-20,31,34-35H,9-10H2,(H,27,29,33)/t17?,19-,20-,22-,23+/m1/s1. The number of Topliss-reactive ketones (excluding diaryl/α,β-unsaturated/α-hetero) is 2. The molecule has 2 aromatic carbocycles. The molecule has 5 atom stereocenters. The van der Waals surface area contributed by atoms with E-state index in [0.717, 1.165) is 4.90 Å². The van der Waals surface area contributed by atoms with Crippen LogP contribution in [0.2, 0.25) is 10.0 Å². The lowest BCUT2D eigenvalue weighted by molar-refractivity contribution is -0.127. The number of aliphatic hydroxyl groups is 3. The zero-order valence-electron chi connectivity index (χ0n) is 18.2. The number of carbonyl (C=O) groups excluding carboxylic acids is 4. The minimum Gasteiger partial charge on any atom is -0.382 e. The summed E-state index contributed by atoms with van der Waals surface area (Å²) in [7, 11) is 0. The van der Waals surface area contributed by atoms with Crippen LogP contribution in [0, 0.1) is 0 Å². The van der Waals surface area contributed by atoms with Crippen molar-refractivity contribution in [1.29, 1.82) is 0 Å². The van der Waals surface area contributed by atoms with Crippen LogP contribution in [0.4, 0.5) is 4.79 Å². The maximum Gasteiger partial charge on any atom is 0.326 e. The zero-order chi connectivity index (χ0) is 26.4. The van der Waals surface area contributed by atoms with E-state index in [9.17, 15) is 34.5 Å². The number of imide groups is 1. The summed E-state index contributed by atoms with van der Waals surface area (Å²) in [5, 5.41) is 36.9. The molecule has 0 saturated carbocycles. The van der Waals surface area contributed by atoms with Crippen LogP contribution in [-0.4, -0.2) is 78.8 Å². The number of urea groups is 1. The number of ether oxygens (including phenoxy) is 1. The van der Waals surface area contributed by atoms with E-state index in [1.54, 1.807) is 0 Å². The summed E-state index contributed by atoms with van der Waals surface area (Å²) >= 11 is 14.7. The first kappa shape index (κ1) is 26.7. The number of amides is 3. The lowest BCUT2D eigenvalue weighted by Crippen LogP contribution is -2.66. The van der Waals surface area contributed by atoms with E-state index >= 15 is 0 Å². The quantitative estimate of drug-likeness (QED) is 0.289. The Labute approximate surface area is 222 Å². The van der Waals surface area contributed by atoms with E-state index in [4.69, 9.17) is 27.9 Å². The number of alkyl halides is 1. The van der Waals surface area contributed by atoms with Crippen molar-refractivity contribution in [2.24, 2.45) is 0 Å². The van der Waals surface area contributed by atoms with Crippen molar-refractivity contribution in [3.63, 3.8) is 0 Å². The van der Waals surface area contributed by atoms with Gasteiger partial charge in [-0.1, -0.05) is 23.2 Å². The molecule has 10 nitrogen and oxygen atoms in total. The number of nitrogens with one attached hydrogen (secondary N) is 1. The van der Waals surface area contributed by atoms with Gasteiger partial charge in [-0.3, -0.25) is 24.6 Å². The molecule has 2 saturated heterocycles. The van der Waals surface area contributed by atoms with Crippen molar-refractivity contribution in [3.05, 3.63) is 69.7 Å². The van der Waals surface area contributed by atoms with Crippen molar-refractivity contribution < 1.29 is 39.2 Å². The molecule has 190 valence electrons. The molecule has 2 aliphatic rings.